The summed E-state index contributed by atoms with van der Waals surface area (Å²) in [5.41, 5.74) is 1.11. The van der Waals surface area contributed by atoms with Gasteiger partial charge in [0.15, 0.2) is 5.79 Å². The molecule has 18 heavy (non-hydrogen) atoms. The zero-order chi connectivity index (χ0) is 13.2. The molecule has 100 valence electrons. The highest BCUT2D eigenvalue weighted by Crippen LogP contribution is 2.35. The van der Waals surface area contributed by atoms with Crippen LogP contribution in [0.1, 0.15) is 38.7 Å². The van der Waals surface area contributed by atoms with Crippen molar-refractivity contribution >= 4 is 0 Å². The fourth-order valence-electron chi connectivity index (χ4n) is 2.51. The van der Waals surface area contributed by atoms with Gasteiger partial charge in [0.05, 0.1) is 18.8 Å². The van der Waals surface area contributed by atoms with Gasteiger partial charge in [-0.1, -0.05) is 37.3 Å². The Hall–Kier alpha value is -0.900. The Kier molecular flexibility index (Phi) is 4.05. The Bertz CT molecular complexity index is 375. The first kappa shape index (κ1) is 13.5. The molecule has 0 spiro atoms. The minimum Gasteiger partial charge on any atom is -0.392 e. The minimum atomic E-state index is -0.550. The van der Waals surface area contributed by atoms with E-state index in [1.165, 1.54) is 0 Å². The first-order valence-electron chi connectivity index (χ1n) is 6.58. The smallest absolute Gasteiger partial charge is 0.163 e. The summed E-state index contributed by atoms with van der Waals surface area (Å²) in [4.78, 5) is 0. The average molecular weight is 250 g/mol. The summed E-state index contributed by atoms with van der Waals surface area (Å²) in [6.45, 7) is 6.34. The second kappa shape index (κ2) is 5.39. The molecule has 1 aromatic rings. The summed E-state index contributed by atoms with van der Waals surface area (Å²) in [7, 11) is 0. The summed E-state index contributed by atoms with van der Waals surface area (Å²) >= 11 is 0. The van der Waals surface area contributed by atoms with Crippen molar-refractivity contribution in [1.29, 1.82) is 0 Å². The van der Waals surface area contributed by atoms with Gasteiger partial charge in [0.25, 0.3) is 0 Å². The highest BCUT2D eigenvalue weighted by molar-refractivity contribution is 5.22. The largest absolute Gasteiger partial charge is 0.392 e. The van der Waals surface area contributed by atoms with Gasteiger partial charge in [-0.25, -0.2) is 0 Å². The molecule has 1 aliphatic rings. The summed E-state index contributed by atoms with van der Waals surface area (Å²) < 4.78 is 11.5. The van der Waals surface area contributed by atoms with E-state index in [1.807, 2.05) is 51.1 Å². The lowest BCUT2D eigenvalue weighted by atomic mass is 9.87. The minimum absolute atomic E-state index is 0.0297. The Labute approximate surface area is 109 Å². The van der Waals surface area contributed by atoms with Gasteiger partial charge in [0, 0.05) is 5.92 Å². The highest BCUT2D eigenvalue weighted by Gasteiger charge is 2.40. The van der Waals surface area contributed by atoms with E-state index >= 15 is 0 Å². The van der Waals surface area contributed by atoms with E-state index in [1.54, 1.807) is 0 Å². The average Bonchev–Trinajstić information content (AvgIpc) is 2.71. The summed E-state index contributed by atoms with van der Waals surface area (Å²) in [5.74, 6) is -0.580. The molecule has 1 aliphatic heterocycles. The van der Waals surface area contributed by atoms with Crippen LogP contribution in [0.15, 0.2) is 30.3 Å². The second-order valence-corrected chi connectivity index (χ2v) is 5.28. The maximum atomic E-state index is 10.3. The van der Waals surface area contributed by atoms with Crippen molar-refractivity contribution < 1.29 is 14.6 Å². The van der Waals surface area contributed by atoms with E-state index in [2.05, 4.69) is 0 Å². The maximum Gasteiger partial charge on any atom is 0.163 e. The summed E-state index contributed by atoms with van der Waals surface area (Å²) in [5, 5.41) is 10.3. The van der Waals surface area contributed by atoms with Crippen LogP contribution in [0.2, 0.25) is 0 Å². The lowest BCUT2D eigenvalue weighted by molar-refractivity contribution is -0.144. The molecule has 3 heteroatoms. The molecule has 3 nitrogen and oxygen atoms in total. The number of hydrogen-bond acceptors (Lipinski definition) is 3. The van der Waals surface area contributed by atoms with E-state index in [0.29, 0.717) is 13.0 Å². The molecule has 0 bridgehead atoms. The number of rotatable bonds is 4. The van der Waals surface area contributed by atoms with Crippen LogP contribution in [0.5, 0.6) is 0 Å². The van der Waals surface area contributed by atoms with E-state index in [9.17, 15) is 5.11 Å². The first-order chi connectivity index (χ1) is 8.53. The van der Waals surface area contributed by atoms with Crippen LogP contribution in [0.25, 0.3) is 0 Å². The first-order valence-corrected chi connectivity index (χ1v) is 6.58. The number of aliphatic hydroxyl groups is 1. The second-order valence-electron chi connectivity index (χ2n) is 5.28. The molecule has 3 atom stereocenters. The van der Waals surface area contributed by atoms with Crippen LogP contribution in [0.3, 0.4) is 0 Å². The third kappa shape index (κ3) is 2.91. The Morgan fingerprint density at radius 2 is 2.00 bits per heavy atom. The van der Waals surface area contributed by atoms with Crippen molar-refractivity contribution in [3.63, 3.8) is 0 Å². The van der Waals surface area contributed by atoms with E-state index in [4.69, 9.17) is 9.47 Å². The number of hydrogen-bond donors (Lipinski definition) is 1. The van der Waals surface area contributed by atoms with Gasteiger partial charge in [-0.3, -0.25) is 0 Å². The van der Waals surface area contributed by atoms with Crippen LogP contribution in [-0.4, -0.2) is 29.7 Å². The number of aliphatic hydroxyl groups excluding tert-OH is 1. The van der Waals surface area contributed by atoms with Crippen molar-refractivity contribution in [2.24, 2.45) is 0 Å². The molecule has 0 radical (unpaired) electrons. The van der Waals surface area contributed by atoms with E-state index in [-0.39, 0.29) is 12.0 Å². The van der Waals surface area contributed by atoms with Crippen LogP contribution in [0.4, 0.5) is 0 Å². The van der Waals surface area contributed by atoms with Crippen LogP contribution in [0, 0.1) is 0 Å². The topological polar surface area (TPSA) is 38.7 Å². The number of ether oxygens (including phenoxy) is 2. The Balaban J connectivity index is 2.22. The lowest BCUT2D eigenvalue weighted by Crippen LogP contribution is -2.32. The van der Waals surface area contributed by atoms with Gasteiger partial charge in [-0.15, -0.1) is 0 Å². The molecule has 1 N–H and O–H groups in total. The van der Waals surface area contributed by atoms with E-state index in [0.717, 1.165) is 5.56 Å². The fraction of sp³-hybridized carbons (Fsp3) is 0.600. The van der Waals surface area contributed by atoms with Gasteiger partial charge in [0.1, 0.15) is 0 Å². The van der Waals surface area contributed by atoms with Gasteiger partial charge in [0.2, 0.25) is 0 Å². The van der Waals surface area contributed by atoms with Crippen LogP contribution < -0.4 is 0 Å². The van der Waals surface area contributed by atoms with Gasteiger partial charge < -0.3 is 14.6 Å². The predicted molar refractivity (Wildman–Crippen MR) is 70.4 cm³/mol. The molecular weight excluding hydrogens is 228 g/mol. The Morgan fingerprint density at radius 1 is 1.33 bits per heavy atom. The molecule has 2 rings (SSSR count). The van der Waals surface area contributed by atoms with Gasteiger partial charge in [-0.05, 0) is 25.8 Å². The monoisotopic (exact) mass is 250 g/mol. The molecule has 0 saturated carbocycles. The van der Waals surface area contributed by atoms with Crippen LogP contribution in [-0.2, 0) is 9.47 Å². The predicted octanol–water partition coefficient (Wildman–Crippen LogP) is 2.69. The zero-order valence-electron chi connectivity index (χ0n) is 11.3. The molecule has 1 aromatic carbocycles. The summed E-state index contributed by atoms with van der Waals surface area (Å²) in [6, 6.07) is 10.0. The molecule has 0 aromatic heterocycles. The molecule has 0 unspecified atom stereocenters. The molecule has 1 heterocycles. The highest BCUT2D eigenvalue weighted by atomic mass is 16.7. The normalized spacial score (nSPS) is 25.9. The van der Waals surface area contributed by atoms with Gasteiger partial charge in [-0.2, -0.15) is 0 Å². The van der Waals surface area contributed by atoms with Crippen molar-refractivity contribution in [3.05, 3.63) is 35.9 Å². The van der Waals surface area contributed by atoms with E-state index < -0.39 is 11.9 Å². The van der Waals surface area contributed by atoms with Crippen molar-refractivity contribution in [3.8, 4) is 0 Å². The molecular formula is C15H22O3. The number of benzene rings is 1. The SMILES string of the molecule is CC[C@@H](O)[C@H](c1ccccc1)[C@H]1COC(C)(C)O1. The molecule has 1 fully saturated rings. The molecule has 0 amide bonds. The third-order valence-corrected chi connectivity index (χ3v) is 3.45. The maximum absolute atomic E-state index is 10.3. The standard InChI is InChI=1S/C15H22O3/c1-4-12(16)14(11-8-6-5-7-9-11)13-10-17-15(2,3)18-13/h5-9,12-14,16H,4,10H2,1-3H3/t12-,13-,14+/m1/s1. The zero-order valence-corrected chi connectivity index (χ0v) is 11.3. The third-order valence-electron chi connectivity index (χ3n) is 3.45. The Morgan fingerprint density at radius 3 is 2.50 bits per heavy atom. The van der Waals surface area contributed by atoms with Crippen molar-refractivity contribution in [2.75, 3.05) is 6.61 Å². The van der Waals surface area contributed by atoms with Crippen molar-refractivity contribution in [2.45, 2.75) is 51.1 Å². The lowest BCUT2D eigenvalue weighted by Gasteiger charge is -2.28. The quantitative estimate of drug-likeness (QED) is 0.893. The fourth-order valence-corrected chi connectivity index (χ4v) is 2.51. The van der Waals surface area contributed by atoms with Crippen molar-refractivity contribution in [1.82, 2.24) is 0 Å². The van der Waals surface area contributed by atoms with Crippen LogP contribution >= 0.6 is 0 Å². The van der Waals surface area contributed by atoms with Gasteiger partial charge >= 0.3 is 0 Å². The molecule has 0 aliphatic carbocycles. The molecule has 1 saturated heterocycles. The summed E-state index contributed by atoms with van der Waals surface area (Å²) in [6.07, 6.45) is 0.215.